The molecule has 10 heavy (non-hydrogen) atoms. The quantitative estimate of drug-likeness (QED) is 0.625. The van der Waals surface area contributed by atoms with Crippen LogP contribution in [0.5, 0.6) is 0 Å². The summed E-state index contributed by atoms with van der Waals surface area (Å²) in [7, 11) is -2.99. The van der Waals surface area contributed by atoms with Gasteiger partial charge in [-0.2, -0.15) is 0 Å². The molecule has 0 rings (SSSR count). The Hall–Kier alpha value is 0.240. The molecule has 0 aliphatic carbocycles. The summed E-state index contributed by atoms with van der Waals surface area (Å²) in [5.41, 5.74) is 0. The van der Waals surface area contributed by atoms with E-state index < -0.39 is 14.5 Å². The van der Waals surface area contributed by atoms with Gasteiger partial charge in [0.2, 0.25) is 0 Å². The first-order valence-electron chi connectivity index (χ1n) is 3.36. The van der Waals surface area contributed by atoms with Crippen LogP contribution < -0.4 is 0 Å². The molecule has 0 saturated heterocycles. The molecule has 0 unspecified atom stereocenters. The zero-order valence-electron chi connectivity index (χ0n) is 6.30. The second-order valence-electron chi connectivity index (χ2n) is 2.26. The molecular formula is C6H13ClO2S. The second-order valence-corrected chi connectivity index (χ2v) is 5.62. The normalized spacial score (nSPS) is 15.1. The van der Waals surface area contributed by atoms with Crippen molar-refractivity contribution in [2.75, 3.05) is 5.75 Å². The lowest BCUT2D eigenvalue weighted by atomic mass is 10.4. The molecule has 62 valence electrons. The molecule has 0 aromatic heterocycles. The third-order valence-corrected chi connectivity index (χ3v) is 3.94. The molecule has 0 heterocycles. The molecule has 0 bridgehead atoms. The van der Waals surface area contributed by atoms with Gasteiger partial charge in [-0.1, -0.05) is 13.3 Å². The molecule has 0 saturated carbocycles. The third-order valence-electron chi connectivity index (χ3n) is 1.28. The van der Waals surface area contributed by atoms with Crippen molar-refractivity contribution in [1.82, 2.24) is 0 Å². The SMILES string of the molecule is CCCCS(=O)(=O)[C@@H](C)Cl. The molecule has 2 nitrogen and oxygen atoms in total. The summed E-state index contributed by atoms with van der Waals surface area (Å²) in [6.45, 7) is 3.45. The van der Waals surface area contributed by atoms with Crippen molar-refractivity contribution in [1.29, 1.82) is 0 Å². The van der Waals surface area contributed by atoms with E-state index in [1.54, 1.807) is 0 Å². The van der Waals surface area contributed by atoms with Gasteiger partial charge in [0.05, 0.1) is 5.75 Å². The van der Waals surface area contributed by atoms with Crippen LogP contribution in [0.25, 0.3) is 0 Å². The number of hydrogen-bond acceptors (Lipinski definition) is 2. The van der Waals surface area contributed by atoms with Crippen molar-refractivity contribution < 1.29 is 8.42 Å². The second kappa shape index (κ2) is 4.19. The average molecular weight is 185 g/mol. The number of hydrogen-bond donors (Lipinski definition) is 0. The van der Waals surface area contributed by atoms with Crippen molar-refractivity contribution in [2.45, 2.75) is 31.4 Å². The molecule has 0 aliphatic rings. The first-order chi connectivity index (χ1) is 4.50. The lowest BCUT2D eigenvalue weighted by Crippen LogP contribution is -2.15. The molecular weight excluding hydrogens is 172 g/mol. The van der Waals surface area contributed by atoms with Crippen LogP contribution in [-0.4, -0.2) is 18.9 Å². The Kier molecular flexibility index (Phi) is 4.29. The Morgan fingerprint density at radius 3 is 2.30 bits per heavy atom. The fourth-order valence-electron chi connectivity index (χ4n) is 0.508. The summed E-state index contributed by atoms with van der Waals surface area (Å²) < 4.78 is 21.2. The molecule has 0 N–H and O–H groups in total. The standard InChI is InChI=1S/C6H13ClO2S/c1-3-4-5-10(8,9)6(2)7/h6H,3-5H2,1-2H3/t6-/m0/s1. The zero-order chi connectivity index (χ0) is 8.20. The van der Waals surface area contributed by atoms with Gasteiger partial charge in [0.25, 0.3) is 0 Å². The fourth-order valence-corrected chi connectivity index (χ4v) is 1.79. The van der Waals surface area contributed by atoms with E-state index in [4.69, 9.17) is 11.6 Å². The lowest BCUT2D eigenvalue weighted by Gasteiger charge is -2.03. The third kappa shape index (κ3) is 3.42. The van der Waals surface area contributed by atoms with Gasteiger partial charge in [0, 0.05) is 0 Å². The van der Waals surface area contributed by atoms with Gasteiger partial charge >= 0.3 is 0 Å². The molecule has 4 heteroatoms. The van der Waals surface area contributed by atoms with Crippen molar-refractivity contribution in [3.8, 4) is 0 Å². The molecule has 0 aromatic rings. The maximum Gasteiger partial charge on any atom is 0.166 e. The Morgan fingerprint density at radius 2 is 2.00 bits per heavy atom. The van der Waals surface area contributed by atoms with Crippen LogP contribution in [-0.2, 0) is 9.84 Å². The van der Waals surface area contributed by atoms with E-state index in [1.165, 1.54) is 6.92 Å². The predicted molar refractivity (Wildman–Crippen MR) is 44.0 cm³/mol. The maximum absolute atomic E-state index is 11.0. The van der Waals surface area contributed by atoms with Gasteiger partial charge in [0.1, 0.15) is 4.71 Å². The maximum atomic E-state index is 11.0. The molecule has 0 spiro atoms. The van der Waals surface area contributed by atoms with Crippen molar-refractivity contribution in [3.63, 3.8) is 0 Å². The number of alkyl halides is 1. The van der Waals surface area contributed by atoms with E-state index in [0.29, 0.717) is 6.42 Å². The minimum atomic E-state index is -2.99. The monoisotopic (exact) mass is 184 g/mol. The van der Waals surface area contributed by atoms with Crippen LogP contribution >= 0.6 is 11.6 Å². The lowest BCUT2D eigenvalue weighted by molar-refractivity contribution is 0.591. The summed E-state index contributed by atoms with van der Waals surface area (Å²) in [5.74, 6) is 0.216. The van der Waals surface area contributed by atoms with Gasteiger partial charge in [-0.3, -0.25) is 0 Å². The van der Waals surface area contributed by atoms with Crippen LogP contribution in [0.3, 0.4) is 0 Å². The highest BCUT2D eigenvalue weighted by Gasteiger charge is 2.16. The van der Waals surface area contributed by atoms with Gasteiger partial charge in [0.15, 0.2) is 9.84 Å². The highest BCUT2D eigenvalue weighted by Crippen LogP contribution is 2.08. The van der Waals surface area contributed by atoms with Gasteiger partial charge in [-0.25, -0.2) is 8.42 Å². The van der Waals surface area contributed by atoms with Crippen molar-refractivity contribution in [3.05, 3.63) is 0 Å². The summed E-state index contributed by atoms with van der Waals surface area (Å²) in [5, 5.41) is 0. The van der Waals surface area contributed by atoms with Gasteiger partial charge in [-0.05, 0) is 13.3 Å². The largest absolute Gasteiger partial charge is 0.227 e. The van der Waals surface area contributed by atoms with E-state index in [1.807, 2.05) is 6.92 Å². The highest BCUT2D eigenvalue weighted by atomic mass is 35.5. The molecule has 0 fully saturated rings. The summed E-state index contributed by atoms with van der Waals surface area (Å²) in [6.07, 6.45) is 1.60. The van der Waals surface area contributed by atoms with Gasteiger partial charge < -0.3 is 0 Å². The molecule has 0 radical (unpaired) electrons. The summed E-state index contributed by atoms with van der Waals surface area (Å²) in [4.78, 5) is 0. The first-order valence-corrected chi connectivity index (χ1v) is 5.51. The summed E-state index contributed by atoms with van der Waals surface area (Å²) in [6, 6.07) is 0. The molecule has 1 atom stereocenters. The van der Waals surface area contributed by atoms with Crippen LogP contribution in [0.1, 0.15) is 26.7 Å². The van der Waals surface area contributed by atoms with E-state index in [0.717, 1.165) is 6.42 Å². The first kappa shape index (κ1) is 10.2. The Balaban J connectivity index is 3.90. The Bertz CT molecular complexity index is 172. The minimum Gasteiger partial charge on any atom is -0.227 e. The number of halogens is 1. The van der Waals surface area contributed by atoms with Crippen LogP contribution in [0, 0.1) is 0 Å². The summed E-state index contributed by atoms with van der Waals surface area (Å²) >= 11 is 5.42. The van der Waals surface area contributed by atoms with Crippen LogP contribution in [0.15, 0.2) is 0 Å². The number of rotatable bonds is 4. The minimum absolute atomic E-state index is 0.216. The van der Waals surface area contributed by atoms with Crippen LogP contribution in [0.4, 0.5) is 0 Å². The van der Waals surface area contributed by atoms with E-state index in [-0.39, 0.29) is 5.75 Å². The Morgan fingerprint density at radius 1 is 1.50 bits per heavy atom. The average Bonchev–Trinajstić information content (AvgIpc) is 1.84. The number of sulfone groups is 1. The molecule has 0 aliphatic heterocycles. The van der Waals surface area contributed by atoms with E-state index in [9.17, 15) is 8.42 Å². The number of unbranched alkanes of at least 4 members (excludes halogenated alkanes) is 1. The Labute approximate surface area is 67.5 Å². The van der Waals surface area contributed by atoms with E-state index in [2.05, 4.69) is 0 Å². The predicted octanol–water partition coefficient (Wildman–Crippen LogP) is 1.79. The smallest absolute Gasteiger partial charge is 0.166 e. The highest BCUT2D eigenvalue weighted by molar-refractivity contribution is 7.93. The molecule has 0 aromatic carbocycles. The van der Waals surface area contributed by atoms with Crippen molar-refractivity contribution in [2.24, 2.45) is 0 Å². The van der Waals surface area contributed by atoms with Crippen molar-refractivity contribution >= 4 is 21.4 Å². The topological polar surface area (TPSA) is 34.1 Å². The fraction of sp³-hybridized carbons (Fsp3) is 1.00. The molecule has 0 amide bonds. The van der Waals surface area contributed by atoms with E-state index >= 15 is 0 Å². The van der Waals surface area contributed by atoms with Gasteiger partial charge in [-0.15, -0.1) is 11.6 Å². The van der Waals surface area contributed by atoms with Crippen LogP contribution in [0.2, 0.25) is 0 Å². The zero-order valence-corrected chi connectivity index (χ0v) is 7.87.